The van der Waals surface area contributed by atoms with Crippen molar-refractivity contribution in [3.63, 3.8) is 0 Å². The molecule has 0 spiro atoms. The van der Waals surface area contributed by atoms with Gasteiger partial charge in [0.1, 0.15) is 0 Å². The summed E-state index contributed by atoms with van der Waals surface area (Å²) < 4.78 is 0. The van der Waals surface area contributed by atoms with Crippen molar-refractivity contribution in [1.82, 2.24) is 15.7 Å². The third-order valence-electron chi connectivity index (χ3n) is 4.12. The minimum absolute atomic E-state index is 0.0214. The molecule has 1 fully saturated rings. The second-order valence-corrected chi connectivity index (χ2v) is 7.67. The van der Waals surface area contributed by atoms with E-state index in [1.807, 2.05) is 0 Å². The lowest BCUT2D eigenvalue weighted by Crippen LogP contribution is -2.34. The van der Waals surface area contributed by atoms with Crippen LogP contribution in [-0.2, 0) is 24.0 Å². The molecule has 2 rings (SSSR count). The minimum atomic E-state index is -0.914. The predicted molar refractivity (Wildman–Crippen MR) is 113 cm³/mol. The Balaban J connectivity index is 1.77. The van der Waals surface area contributed by atoms with Crippen molar-refractivity contribution < 1.29 is 28.8 Å². The number of imide groups is 1. The van der Waals surface area contributed by atoms with Crippen LogP contribution in [0.15, 0.2) is 29.4 Å². The van der Waals surface area contributed by atoms with Gasteiger partial charge < -0.3 is 21.2 Å². The summed E-state index contributed by atoms with van der Waals surface area (Å²) in [5.41, 5.74) is 13.9. The van der Waals surface area contributed by atoms with Gasteiger partial charge in [0.15, 0.2) is 0 Å². The van der Waals surface area contributed by atoms with Gasteiger partial charge in [-0.25, -0.2) is 4.79 Å². The maximum Gasteiger partial charge on any atom is 0.363 e. The molecule has 1 unspecified atom stereocenters. The van der Waals surface area contributed by atoms with E-state index < -0.39 is 23.0 Å². The first-order valence-corrected chi connectivity index (χ1v) is 10.5. The number of hydroxylamine groups is 2. The molecule has 1 aromatic carbocycles. The summed E-state index contributed by atoms with van der Waals surface area (Å²) in [6, 6.07) is 5.44. The number of thioether (sulfide) groups is 1. The van der Waals surface area contributed by atoms with Gasteiger partial charge in [0.2, 0.25) is 11.8 Å². The van der Waals surface area contributed by atoms with Gasteiger partial charge in [-0.1, -0.05) is 17.2 Å². The van der Waals surface area contributed by atoms with Crippen LogP contribution in [0.1, 0.15) is 29.6 Å². The number of hydrogen-bond donors (Lipinski definition) is 3. The molecule has 14 heteroatoms. The highest BCUT2D eigenvalue weighted by Gasteiger charge is 2.42. The highest BCUT2D eigenvalue weighted by atomic mass is 32.2. The van der Waals surface area contributed by atoms with Crippen molar-refractivity contribution >= 4 is 47.0 Å². The van der Waals surface area contributed by atoms with Gasteiger partial charge in [0, 0.05) is 35.7 Å². The molecule has 0 aromatic heterocycles. The highest BCUT2D eigenvalue weighted by molar-refractivity contribution is 8.00. The molecular formula is C18H21N7O6S. The Labute approximate surface area is 186 Å². The largest absolute Gasteiger partial charge is 0.363 e. The molecule has 0 bridgehead atoms. The SMILES string of the molecule is [N-]=[N+]=Nc1ccc(C(=O)ON2C(=O)CC(SCCC(=O)NCCC(=O)NCN)C2=O)cc1. The zero-order chi connectivity index (χ0) is 23.5. The van der Waals surface area contributed by atoms with Crippen molar-refractivity contribution in [1.29, 1.82) is 0 Å². The molecule has 1 heterocycles. The maximum atomic E-state index is 12.4. The quantitative estimate of drug-likeness (QED) is 0.138. The maximum absolute atomic E-state index is 12.4. The first-order valence-electron chi connectivity index (χ1n) is 9.45. The van der Waals surface area contributed by atoms with Gasteiger partial charge in [-0.15, -0.1) is 16.8 Å². The molecule has 4 N–H and O–H groups in total. The lowest BCUT2D eigenvalue weighted by molar-refractivity contribution is -0.172. The summed E-state index contributed by atoms with van der Waals surface area (Å²) in [4.78, 5) is 67.3. The summed E-state index contributed by atoms with van der Waals surface area (Å²) >= 11 is 1.10. The summed E-state index contributed by atoms with van der Waals surface area (Å²) in [6.07, 6.45) is 0.0201. The lowest BCUT2D eigenvalue weighted by Gasteiger charge is -2.13. The number of nitrogens with two attached hydrogens (primary N) is 1. The Kier molecular flexibility index (Phi) is 9.47. The molecule has 1 saturated heterocycles. The molecule has 13 nitrogen and oxygen atoms in total. The molecule has 1 atom stereocenters. The fourth-order valence-corrected chi connectivity index (χ4v) is 3.65. The van der Waals surface area contributed by atoms with E-state index in [9.17, 15) is 24.0 Å². The van der Waals surface area contributed by atoms with E-state index in [0.29, 0.717) is 5.06 Å². The molecule has 0 saturated carbocycles. The lowest BCUT2D eigenvalue weighted by atomic mass is 10.2. The Hall–Kier alpha value is -3.61. The number of benzene rings is 1. The zero-order valence-corrected chi connectivity index (χ0v) is 17.7. The fraction of sp³-hybridized carbons (Fsp3) is 0.389. The molecule has 1 aliphatic rings. The normalized spacial score (nSPS) is 15.2. The number of carbonyl (C=O) groups excluding carboxylic acids is 5. The second kappa shape index (κ2) is 12.3. The minimum Gasteiger partial charge on any atom is -0.356 e. The van der Waals surface area contributed by atoms with Gasteiger partial charge in [-0.2, -0.15) is 0 Å². The Bertz CT molecular complexity index is 932. The van der Waals surface area contributed by atoms with Crippen molar-refractivity contribution in [2.75, 3.05) is 19.0 Å². The molecule has 4 amide bonds. The standard InChI is InChI=1S/C18H21N7O6S/c19-10-22-14(26)5-7-21-15(27)6-8-32-13-9-16(28)25(17(13)29)31-18(30)11-1-3-12(4-2-11)23-24-20/h1-4,13H,5-10,19H2,(H,21,27)(H,22,26). The summed E-state index contributed by atoms with van der Waals surface area (Å²) in [6.45, 7) is 0.178. The van der Waals surface area contributed by atoms with E-state index in [1.54, 1.807) is 0 Å². The van der Waals surface area contributed by atoms with Crippen LogP contribution in [0, 0.1) is 0 Å². The number of nitrogens with zero attached hydrogens (tertiary/aromatic N) is 4. The summed E-state index contributed by atoms with van der Waals surface area (Å²) in [5.74, 6) is -2.59. The van der Waals surface area contributed by atoms with Crippen LogP contribution in [0.5, 0.6) is 0 Å². The fourth-order valence-electron chi connectivity index (χ4n) is 2.56. The van der Waals surface area contributed by atoms with E-state index in [-0.39, 0.29) is 61.3 Å². The van der Waals surface area contributed by atoms with Crippen molar-refractivity contribution in [2.45, 2.75) is 24.5 Å². The van der Waals surface area contributed by atoms with Gasteiger partial charge in [-0.05, 0) is 17.7 Å². The van der Waals surface area contributed by atoms with Crippen LogP contribution in [0.4, 0.5) is 5.69 Å². The van der Waals surface area contributed by atoms with E-state index in [0.717, 1.165) is 11.8 Å². The number of carbonyl (C=O) groups is 5. The van der Waals surface area contributed by atoms with Gasteiger partial charge >= 0.3 is 5.97 Å². The molecule has 0 radical (unpaired) electrons. The van der Waals surface area contributed by atoms with Gasteiger partial charge in [0.25, 0.3) is 11.8 Å². The molecule has 1 aromatic rings. The number of amides is 4. The third-order valence-corrected chi connectivity index (χ3v) is 5.33. The van der Waals surface area contributed by atoms with Crippen molar-refractivity contribution in [3.8, 4) is 0 Å². The third kappa shape index (κ3) is 7.27. The smallest absolute Gasteiger partial charge is 0.356 e. The highest BCUT2D eigenvalue weighted by Crippen LogP contribution is 2.26. The molecule has 170 valence electrons. The van der Waals surface area contributed by atoms with Crippen LogP contribution in [0.3, 0.4) is 0 Å². The zero-order valence-electron chi connectivity index (χ0n) is 16.9. The Morgan fingerprint density at radius 3 is 2.53 bits per heavy atom. The van der Waals surface area contributed by atoms with Gasteiger partial charge in [-0.3, -0.25) is 19.2 Å². The number of rotatable bonds is 11. The van der Waals surface area contributed by atoms with E-state index >= 15 is 0 Å². The average molecular weight is 463 g/mol. The van der Waals surface area contributed by atoms with Crippen LogP contribution in [0.25, 0.3) is 10.4 Å². The Morgan fingerprint density at radius 2 is 1.88 bits per heavy atom. The Morgan fingerprint density at radius 1 is 1.19 bits per heavy atom. The van der Waals surface area contributed by atoms with Crippen LogP contribution < -0.4 is 16.4 Å². The van der Waals surface area contributed by atoms with Crippen LogP contribution >= 0.6 is 11.8 Å². The second-order valence-electron chi connectivity index (χ2n) is 6.36. The summed E-state index contributed by atoms with van der Waals surface area (Å²) in [7, 11) is 0. The van der Waals surface area contributed by atoms with E-state index in [4.69, 9.17) is 16.1 Å². The molecule has 1 aliphatic heterocycles. The topological polar surface area (TPSA) is 197 Å². The van der Waals surface area contributed by atoms with Crippen molar-refractivity contribution in [3.05, 3.63) is 40.3 Å². The first-order chi connectivity index (χ1) is 15.3. The molecule has 0 aliphatic carbocycles. The monoisotopic (exact) mass is 463 g/mol. The predicted octanol–water partition coefficient (Wildman–Crippen LogP) is 0.490. The van der Waals surface area contributed by atoms with E-state index in [1.165, 1.54) is 24.3 Å². The number of hydrogen-bond acceptors (Lipinski definition) is 9. The average Bonchev–Trinajstić information content (AvgIpc) is 3.02. The van der Waals surface area contributed by atoms with Crippen molar-refractivity contribution in [2.24, 2.45) is 10.8 Å². The van der Waals surface area contributed by atoms with E-state index in [2.05, 4.69) is 20.7 Å². The first kappa shape index (κ1) is 24.7. The van der Waals surface area contributed by atoms with Crippen LogP contribution in [-0.4, -0.2) is 58.9 Å². The molecule has 32 heavy (non-hydrogen) atoms. The molecular weight excluding hydrogens is 442 g/mol. The number of azide groups is 1. The summed E-state index contributed by atoms with van der Waals surface area (Å²) in [5, 5.41) is 8.00. The van der Waals surface area contributed by atoms with Gasteiger partial charge in [0.05, 0.1) is 23.9 Å². The number of nitrogens with one attached hydrogen (secondary N) is 2. The van der Waals surface area contributed by atoms with Crippen LogP contribution in [0.2, 0.25) is 0 Å².